The predicted octanol–water partition coefficient (Wildman–Crippen LogP) is 3.29. The van der Waals surface area contributed by atoms with E-state index >= 15 is 0 Å². The fourth-order valence-electron chi connectivity index (χ4n) is 2.26. The number of aromatic nitrogens is 1. The lowest BCUT2D eigenvalue weighted by Crippen LogP contribution is -2.20. The number of thiophene rings is 1. The van der Waals surface area contributed by atoms with Crippen LogP contribution in [0.3, 0.4) is 0 Å². The summed E-state index contributed by atoms with van der Waals surface area (Å²) in [6.07, 6.45) is 1.79. The molecule has 0 aliphatic heterocycles. The van der Waals surface area contributed by atoms with Crippen molar-refractivity contribution in [2.75, 3.05) is 0 Å². The van der Waals surface area contributed by atoms with Gasteiger partial charge in [-0.3, -0.25) is 4.79 Å². The predicted molar refractivity (Wildman–Crippen MR) is 81.1 cm³/mol. The van der Waals surface area contributed by atoms with Crippen LogP contribution in [0.4, 0.5) is 0 Å². The number of rotatable bonds is 2. The molecule has 3 aromatic rings. The van der Waals surface area contributed by atoms with Crippen molar-refractivity contribution in [1.82, 2.24) is 4.57 Å². The summed E-state index contributed by atoms with van der Waals surface area (Å²) in [5.41, 5.74) is 1.95. The van der Waals surface area contributed by atoms with E-state index in [1.54, 1.807) is 10.8 Å². The van der Waals surface area contributed by atoms with E-state index in [-0.39, 0.29) is 5.56 Å². The quantitative estimate of drug-likeness (QED) is 0.723. The van der Waals surface area contributed by atoms with Crippen molar-refractivity contribution < 1.29 is 0 Å². The summed E-state index contributed by atoms with van der Waals surface area (Å²) in [6.45, 7) is 2.41. The number of aryl methyl sites for hydroxylation is 1. The van der Waals surface area contributed by atoms with Gasteiger partial charge in [0, 0.05) is 17.1 Å². The molecule has 0 amide bonds. The van der Waals surface area contributed by atoms with Crippen LogP contribution in [0, 0.1) is 18.3 Å². The van der Waals surface area contributed by atoms with Crippen molar-refractivity contribution in [2.45, 2.75) is 13.5 Å². The minimum absolute atomic E-state index is 0.0127. The number of hydrogen-bond acceptors (Lipinski definition) is 3. The van der Waals surface area contributed by atoms with Crippen LogP contribution in [0.2, 0.25) is 0 Å². The Morgan fingerprint density at radius 2 is 2.15 bits per heavy atom. The molecule has 2 aromatic heterocycles. The third-order valence-electron chi connectivity index (χ3n) is 3.32. The summed E-state index contributed by atoms with van der Waals surface area (Å²) < 4.78 is 1.66. The van der Waals surface area contributed by atoms with E-state index in [2.05, 4.69) is 6.07 Å². The van der Waals surface area contributed by atoms with E-state index in [0.717, 1.165) is 21.9 Å². The van der Waals surface area contributed by atoms with Crippen molar-refractivity contribution in [3.05, 3.63) is 68.3 Å². The lowest BCUT2D eigenvalue weighted by molar-refractivity contribution is 0.769. The minimum atomic E-state index is -0.0127. The van der Waals surface area contributed by atoms with E-state index in [4.69, 9.17) is 5.26 Å². The smallest absolute Gasteiger partial charge is 0.258 e. The van der Waals surface area contributed by atoms with E-state index in [0.29, 0.717) is 11.4 Å². The van der Waals surface area contributed by atoms with Crippen molar-refractivity contribution in [3.63, 3.8) is 0 Å². The summed E-state index contributed by atoms with van der Waals surface area (Å²) in [7, 11) is 0. The summed E-state index contributed by atoms with van der Waals surface area (Å²) in [4.78, 5) is 13.2. The molecule has 0 radical (unpaired) electrons. The summed E-state index contributed by atoms with van der Waals surface area (Å²) in [5, 5.41) is 12.6. The Bertz CT molecular complexity index is 883. The van der Waals surface area contributed by atoms with Crippen LogP contribution in [0.15, 0.2) is 46.7 Å². The van der Waals surface area contributed by atoms with E-state index in [1.165, 1.54) is 11.3 Å². The van der Waals surface area contributed by atoms with Crippen molar-refractivity contribution in [2.24, 2.45) is 0 Å². The van der Waals surface area contributed by atoms with Gasteiger partial charge in [0.05, 0.1) is 6.54 Å². The molecular weight excluding hydrogens is 268 g/mol. The lowest BCUT2D eigenvalue weighted by Gasteiger charge is -2.07. The number of hydrogen-bond donors (Lipinski definition) is 0. The average Bonchev–Trinajstić information content (AvgIpc) is 2.90. The SMILES string of the molecule is Cc1ccc2ccn(Cc3ccsc3C#N)c(=O)c2c1. The van der Waals surface area contributed by atoms with Gasteiger partial charge in [-0.2, -0.15) is 5.26 Å². The van der Waals surface area contributed by atoms with Gasteiger partial charge >= 0.3 is 0 Å². The zero-order valence-corrected chi connectivity index (χ0v) is 11.8. The molecule has 0 aliphatic carbocycles. The number of nitriles is 1. The fraction of sp³-hybridized carbons (Fsp3) is 0.125. The molecule has 0 spiro atoms. The largest absolute Gasteiger partial charge is 0.310 e. The number of pyridine rings is 1. The standard InChI is InChI=1S/C16H12N2OS/c1-11-2-3-12-4-6-18(16(19)14(12)8-11)10-13-5-7-20-15(13)9-17/h2-8H,10H2,1H3. The summed E-state index contributed by atoms with van der Waals surface area (Å²) >= 11 is 1.40. The van der Waals surface area contributed by atoms with Gasteiger partial charge < -0.3 is 4.57 Å². The van der Waals surface area contributed by atoms with E-state index < -0.39 is 0 Å². The molecule has 20 heavy (non-hydrogen) atoms. The molecule has 0 saturated carbocycles. The molecule has 98 valence electrons. The van der Waals surface area contributed by atoms with Crippen LogP contribution < -0.4 is 5.56 Å². The molecule has 4 heteroatoms. The Hall–Kier alpha value is -2.38. The van der Waals surface area contributed by atoms with Gasteiger partial charge in [0.25, 0.3) is 5.56 Å². The maximum Gasteiger partial charge on any atom is 0.258 e. The Balaban J connectivity index is 2.11. The van der Waals surface area contributed by atoms with Crippen LogP contribution in [-0.4, -0.2) is 4.57 Å². The average molecular weight is 280 g/mol. The lowest BCUT2D eigenvalue weighted by atomic mass is 10.1. The van der Waals surface area contributed by atoms with Crippen LogP contribution in [-0.2, 0) is 6.54 Å². The van der Waals surface area contributed by atoms with Gasteiger partial charge in [-0.1, -0.05) is 17.7 Å². The highest BCUT2D eigenvalue weighted by atomic mass is 32.1. The third kappa shape index (κ3) is 2.13. The molecule has 0 fully saturated rings. The first-order valence-corrected chi connectivity index (χ1v) is 7.13. The number of nitrogens with zero attached hydrogens (tertiary/aromatic N) is 2. The molecule has 0 N–H and O–H groups in total. The van der Waals surface area contributed by atoms with Gasteiger partial charge in [-0.15, -0.1) is 11.3 Å². The minimum Gasteiger partial charge on any atom is -0.310 e. The first-order chi connectivity index (χ1) is 9.69. The molecule has 3 rings (SSSR count). The summed E-state index contributed by atoms with van der Waals surface area (Å²) in [6, 6.07) is 11.9. The van der Waals surface area contributed by atoms with Gasteiger partial charge in [0.2, 0.25) is 0 Å². The van der Waals surface area contributed by atoms with Crippen LogP contribution in [0.1, 0.15) is 16.0 Å². The molecule has 0 unspecified atom stereocenters. The molecule has 0 aliphatic rings. The van der Waals surface area contributed by atoms with Crippen LogP contribution in [0.5, 0.6) is 0 Å². The molecule has 2 heterocycles. The monoisotopic (exact) mass is 280 g/mol. The zero-order chi connectivity index (χ0) is 14.1. The topological polar surface area (TPSA) is 45.8 Å². The van der Waals surface area contributed by atoms with E-state index in [1.807, 2.05) is 42.6 Å². The zero-order valence-electron chi connectivity index (χ0n) is 11.0. The normalized spacial score (nSPS) is 10.6. The Kier molecular flexibility index (Phi) is 3.13. The molecular formula is C16H12N2OS. The molecule has 3 nitrogen and oxygen atoms in total. The second-order valence-electron chi connectivity index (χ2n) is 4.73. The maximum atomic E-state index is 12.5. The first-order valence-electron chi connectivity index (χ1n) is 6.25. The Labute approximate surface area is 120 Å². The highest BCUT2D eigenvalue weighted by Gasteiger charge is 2.07. The maximum absolute atomic E-state index is 12.5. The van der Waals surface area contributed by atoms with Crippen LogP contribution in [0.25, 0.3) is 10.8 Å². The van der Waals surface area contributed by atoms with Gasteiger partial charge in [0.1, 0.15) is 10.9 Å². The third-order valence-corrected chi connectivity index (χ3v) is 4.18. The van der Waals surface area contributed by atoms with E-state index in [9.17, 15) is 4.79 Å². The number of benzene rings is 1. The van der Waals surface area contributed by atoms with Gasteiger partial charge in [0.15, 0.2) is 0 Å². The van der Waals surface area contributed by atoms with Gasteiger partial charge in [-0.25, -0.2) is 0 Å². The highest BCUT2D eigenvalue weighted by Crippen LogP contribution is 2.17. The molecule has 1 aromatic carbocycles. The van der Waals surface area contributed by atoms with Crippen molar-refractivity contribution in [3.8, 4) is 6.07 Å². The summed E-state index contributed by atoms with van der Waals surface area (Å²) in [5.74, 6) is 0. The molecule has 0 saturated heterocycles. The van der Waals surface area contributed by atoms with Crippen molar-refractivity contribution >= 4 is 22.1 Å². The highest BCUT2D eigenvalue weighted by molar-refractivity contribution is 7.10. The molecule has 0 bridgehead atoms. The fourth-order valence-corrected chi connectivity index (χ4v) is 2.96. The van der Waals surface area contributed by atoms with Gasteiger partial charge in [-0.05, 0) is 35.9 Å². The number of fused-ring (bicyclic) bond motifs is 1. The van der Waals surface area contributed by atoms with Crippen molar-refractivity contribution in [1.29, 1.82) is 5.26 Å². The second kappa shape index (κ2) is 4.95. The Morgan fingerprint density at radius 1 is 1.30 bits per heavy atom. The molecule has 0 atom stereocenters. The first kappa shape index (κ1) is 12.6. The second-order valence-corrected chi connectivity index (χ2v) is 5.64. The Morgan fingerprint density at radius 3 is 2.95 bits per heavy atom. The van der Waals surface area contributed by atoms with Crippen LogP contribution >= 0.6 is 11.3 Å².